The number of nitrogens with zero attached hydrogens (tertiary/aromatic N) is 2. The molecule has 0 amide bonds. The summed E-state index contributed by atoms with van der Waals surface area (Å²) >= 11 is 0. The lowest BCUT2D eigenvalue weighted by molar-refractivity contribution is -0.537. The highest BCUT2D eigenvalue weighted by molar-refractivity contribution is 5.68. The molecule has 0 radical (unpaired) electrons. The molecule has 0 fully saturated rings. The number of nitrogens with one attached hydrogen (secondary N) is 1. The summed E-state index contributed by atoms with van der Waals surface area (Å²) in [5.41, 5.74) is 0. The van der Waals surface area contributed by atoms with E-state index in [0.29, 0.717) is 0 Å². The van der Waals surface area contributed by atoms with E-state index >= 15 is 0 Å². The van der Waals surface area contributed by atoms with E-state index in [0.717, 1.165) is 0 Å². The van der Waals surface area contributed by atoms with E-state index in [2.05, 4.69) is 14.9 Å². The third-order valence-corrected chi connectivity index (χ3v) is 0.331. The zero-order valence-electron chi connectivity index (χ0n) is 2.55. The van der Waals surface area contributed by atoms with Gasteiger partial charge in [-0.15, -0.1) is 0 Å². The molecule has 5 heavy (non-hydrogen) atoms. The zero-order chi connectivity index (χ0) is 3.54. The Labute approximate surface area is 28.8 Å². The van der Waals surface area contributed by atoms with Gasteiger partial charge in [0.05, 0.1) is 9.58 Å². The van der Waals surface area contributed by atoms with Crippen LogP contribution in [0, 0.1) is 0 Å². The highest BCUT2D eigenvalue weighted by atomic mass is 15.1. The van der Waals surface area contributed by atoms with Crippen molar-refractivity contribution < 1.29 is 9.58 Å². The van der Waals surface area contributed by atoms with E-state index in [-0.39, 0.29) is 0 Å². The van der Waals surface area contributed by atoms with Crippen LogP contribution in [-0.2, 0) is 0 Å². The van der Waals surface area contributed by atoms with Crippen molar-refractivity contribution in [1.82, 2.24) is 5.32 Å². The van der Waals surface area contributed by atoms with Crippen LogP contribution >= 0.6 is 0 Å². The summed E-state index contributed by atoms with van der Waals surface area (Å²) in [6.45, 7) is 0. The maximum atomic E-state index is 3.42. The van der Waals surface area contributed by atoms with Crippen molar-refractivity contribution in [3.8, 4) is 0 Å². The molecule has 1 rings (SSSR count). The molecule has 24 valence electrons. The molecule has 0 saturated heterocycles. The first kappa shape index (κ1) is 2.21. The van der Waals surface area contributed by atoms with Crippen LogP contribution in [0.2, 0.25) is 0 Å². The molecule has 0 aromatic carbocycles. The maximum Gasteiger partial charge on any atom is 0.411 e. The van der Waals surface area contributed by atoms with Gasteiger partial charge in [-0.2, -0.15) is 5.32 Å². The molecule has 3 nitrogen and oxygen atoms in total. The van der Waals surface area contributed by atoms with E-state index in [1.807, 2.05) is 0 Å². The number of rotatable bonds is 0. The van der Waals surface area contributed by atoms with E-state index in [1.54, 1.807) is 0 Å². The Balaban J connectivity index is 3.17. The first-order valence-electron chi connectivity index (χ1n) is 1.29. The average molecular weight is 69.1 g/mol. The van der Waals surface area contributed by atoms with E-state index < -0.39 is 0 Å². The molecule has 1 aliphatic heterocycles. The minimum atomic E-state index is 1.51. The second kappa shape index (κ2) is 0.725. The van der Waals surface area contributed by atoms with Crippen LogP contribution in [-0.4, -0.2) is 22.3 Å². The Bertz CT molecular complexity index is 98.9. The SMILES string of the molecule is C1=[N+]=[N+]=CN1. The maximum absolute atomic E-state index is 3.42. The molecule has 0 saturated carbocycles. The molecule has 1 N–H and O–H groups in total. The highest BCUT2D eigenvalue weighted by Gasteiger charge is 1.86. The van der Waals surface area contributed by atoms with Crippen LogP contribution in [0.15, 0.2) is 0 Å². The van der Waals surface area contributed by atoms with Crippen molar-refractivity contribution in [1.29, 1.82) is 0 Å². The predicted molar refractivity (Wildman–Crippen MR) is 15.8 cm³/mol. The van der Waals surface area contributed by atoms with Crippen LogP contribution in [0.4, 0.5) is 0 Å². The van der Waals surface area contributed by atoms with Crippen molar-refractivity contribution in [2.45, 2.75) is 0 Å². The van der Waals surface area contributed by atoms with Gasteiger partial charge in [0, 0.05) is 0 Å². The molecule has 0 unspecified atom stereocenters. The van der Waals surface area contributed by atoms with Crippen molar-refractivity contribution in [2.24, 2.45) is 0 Å². The third-order valence-electron chi connectivity index (χ3n) is 0.331. The summed E-state index contributed by atoms with van der Waals surface area (Å²) in [5, 5.41) is 2.64. The van der Waals surface area contributed by atoms with Crippen LogP contribution < -0.4 is 5.32 Å². The van der Waals surface area contributed by atoms with Crippen molar-refractivity contribution in [2.75, 3.05) is 0 Å². The highest BCUT2D eigenvalue weighted by Crippen LogP contribution is 1.28. The van der Waals surface area contributed by atoms with Crippen molar-refractivity contribution in [3.63, 3.8) is 0 Å². The first-order chi connectivity index (χ1) is 2.50. The van der Waals surface area contributed by atoms with E-state index in [1.165, 1.54) is 12.7 Å². The van der Waals surface area contributed by atoms with Gasteiger partial charge in [-0.1, -0.05) is 0 Å². The minimum Gasteiger partial charge on any atom is -0.181 e. The number of hydrogen-bond acceptors (Lipinski definition) is 1. The van der Waals surface area contributed by atoms with Gasteiger partial charge in [0.1, 0.15) is 0 Å². The van der Waals surface area contributed by atoms with E-state index in [4.69, 9.17) is 0 Å². The van der Waals surface area contributed by atoms with Crippen LogP contribution in [0.3, 0.4) is 0 Å². The minimum absolute atomic E-state index is 1.51. The molecular weight excluding hydrogens is 66.0 g/mol. The summed E-state index contributed by atoms with van der Waals surface area (Å²) in [6.07, 6.45) is 3.03. The quantitative estimate of drug-likeness (QED) is 0.346. The largest absolute Gasteiger partial charge is 0.411 e. The smallest absolute Gasteiger partial charge is 0.181 e. The lowest BCUT2D eigenvalue weighted by atomic mass is 11.2. The van der Waals surface area contributed by atoms with Crippen molar-refractivity contribution in [3.05, 3.63) is 0 Å². The molecule has 1 aliphatic rings. The summed E-state index contributed by atoms with van der Waals surface area (Å²) in [4.78, 5) is 6.83. The Morgan fingerprint density at radius 2 is 1.80 bits per heavy atom. The van der Waals surface area contributed by atoms with Gasteiger partial charge < -0.3 is 0 Å². The molecular formula is C2H3N3+2. The summed E-state index contributed by atoms with van der Waals surface area (Å²) in [6, 6.07) is 0. The lowest BCUT2D eigenvalue weighted by Crippen LogP contribution is -2.02. The first-order valence-corrected chi connectivity index (χ1v) is 1.29. The second-order valence-corrected chi connectivity index (χ2v) is 0.656. The fraction of sp³-hybridized carbons (Fsp3) is 0. The van der Waals surface area contributed by atoms with Crippen LogP contribution in [0.1, 0.15) is 0 Å². The lowest BCUT2D eigenvalue weighted by Gasteiger charge is -1.42. The zero-order valence-corrected chi connectivity index (χ0v) is 2.55. The number of hydrogen-bond donors (Lipinski definition) is 1. The monoisotopic (exact) mass is 69.0 g/mol. The van der Waals surface area contributed by atoms with Gasteiger partial charge in [-0.25, -0.2) is 0 Å². The molecule has 0 aromatic heterocycles. The van der Waals surface area contributed by atoms with Gasteiger partial charge in [-0.05, 0) is 0 Å². The molecule has 0 aromatic rings. The Morgan fingerprint density at radius 1 is 1.20 bits per heavy atom. The Hall–Kier alpha value is -1.04. The molecule has 1 heterocycles. The van der Waals surface area contributed by atoms with Crippen molar-refractivity contribution >= 4 is 12.7 Å². The van der Waals surface area contributed by atoms with Gasteiger partial charge in [-0.3, -0.25) is 0 Å². The van der Waals surface area contributed by atoms with Crippen LogP contribution in [0.5, 0.6) is 0 Å². The molecule has 0 atom stereocenters. The third kappa shape index (κ3) is 0.174. The standard InChI is InChI=1S/C2H3N3/c1-3-2-5-4-1/h1-3H/q+2. The fourth-order valence-corrected chi connectivity index (χ4v) is 0.167. The molecule has 0 aliphatic carbocycles. The average Bonchev–Trinajstić information content (AvgIpc) is 1.76. The van der Waals surface area contributed by atoms with Gasteiger partial charge in [0.15, 0.2) is 0 Å². The summed E-state index contributed by atoms with van der Waals surface area (Å²) < 4.78 is 0. The normalized spacial score (nSPS) is 12.8. The Kier molecular flexibility index (Phi) is 0.321. The molecule has 3 heteroatoms. The molecule has 0 bridgehead atoms. The van der Waals surface area contributed by atoms with Crippen LogP contribution in [0.25, 0.3) is 0 Å². The predicted octanol–water partition coefficient (Wildman–Crippen LogP) is -1.49. The van der Waals surface area contributed by atoms with Gasteiger partial charge >= 0.3 is 12.7 Å². The van der Waals surface area contributed by atoms with Gasteiger partial charge in [0.25, 0.3) is 0 Å². The fourth-order valence-electron chi connectivity index (χ4n) is 0.167. The second-order valence-electron chi connectivity index (χ2n) is 0.656. The van der Waals surface area contributed by atoms with Gasteiger partial charge in [0.2, 0.25) is 0 Å². The van der Waals surface area contributed by atoms with E-state index in [9.17, 15) is 0 Å². The Morgan fingerprint density at radius 3 is 2.00 bits per heavy atom. The summed E-state index contributed by atoms with van der Waals surface area (Å²) in [5.74, 6) is 0. The molecule has 0 spiro atoms. The topological polar surface area (TPSA) is 40.2 Å². The summed E-state index contributed by atoms with van der Waals surface area (Å²) in [7, 11) is 0.